The Balaban J connectivity index is 1.63. The summed E-state index contributed by atoms with van der Waals surface area (Å²) in [5, 5.41) is 9.58. The van der Waals surface area contributed by atoms with Gasteiger partial charge in [0.15, 0.2) is 18.6 Å². The minimum absolute atomic E-state index is 0.237. The summed E-state index contributed by atoms with van der Waals surface area (Å²) in [6.07, 6.45) is -6.20. The van der Waals surface area contributed by atoms with Crippen LogP contribution in [0.3, 0.4) is 0 Å². The number of hydrogen-bond donors (Lipinski definition) is 1. The Bertz CT molecular complexity index is 751. The molecule has 0 bridgehead atoms. The lowest BCUT2D eigenvalue weighted by atomic mass is 10.1. The molecule has 1 aliphatic heterocycles. The van der Waals surface area contributed by atoms with E-state index in [1.165, 1.54) is 12.1 Å². The average molecular weight is 360 g/mol. The van der Waals surface area contributed by atoms with E-state index in [0.717, 1.165) is 0 Å². The highest BCUT2D eigenvalue weighted by atomic mass is 19.1. The van der Waals surface area contributed by atoms with Crippen molar-refractivity contribution in [3.63, 3.8) is 0 Å². The largest absolute Gasteiger partial charge is 0.459 e. The molecule has 1 aliphatic rings. The molecule has 3 rings (SSSR count). The highest BCUT2D eigenvalue weighted by Crippen LogP contribution is 2.26. The Morgan fingerprint density at radius 2 is 1.50 bits per heavy atom. The van der Waals surface area contributed by atoms with Gasteiger partial charge in [-0.05, 0) is 24.3 Å². The van der Waals surface area contributed by atoms with Gasteiger partial charge in [0.2, 0.25) is 0 Å². The maximum atomic E-state index is 14.2. The standard InChI is InChI=1S/C19H17FO6/c20-15-16(26-18(22)13-9-5-2-6-10-13)14(25-19(15)23)11-24-17(21)12-7-3-1-4-8-12/h1-10,14-16,19,23H,11H2/t14-,15-,16+,19?/m1/s1. The molecular formula is C19H17FO6. The van der Waals surface area contributed by atoms with Crippen LogP contribution in [0.25, 0.3) is 0 Å². The topological polar surface area (TPSA) is 82.1 Å². The van der Waals surface area contributed by atoms with Gasteiger partial charge in [0.1, 0.15) is 12.7 Å². The first kappa shape index (κ1) is 18.0. The fraction of sp³-hybridized carbons (Fsp3) is 0.263. The lowest BCUT2D eigenvalue weighted by Gasteiger charge is -2.19. The third-order valence-corrected chi connectivity index (χ3v) is 3.91. The third-order valence-electron chi connectivity index (χ3n) is 3.91. The maximum Gasteiger partial charge on any atom is 0.338 e. The number of hydrogen-bond acceptors (Lipinski definition) is 6. The van der Waals surface area contributed by atoms with E-state index in [2.05, 4.69) is 0 Å². The predicted octanol–water partition coefficient (Wildman–Crippen LogP) is 2.12. The molecule has 6 nitrogen and oxygen atoms in total. The van der Waals surface area contributed by atoms with Gasteiger partial charge in [-0.25, -0.2) is 14.0 Å². The SMILES string of the molecule is O=C(OC[C@H]1OC(O)[C@H](F)[C@H]1OC(=O)c1ccccc1)c1ccccc1. The number of benzene rings is 2. The monoisotopic (exact) mass is 360 g/mol. The van der Waals surface area contributed by atoms with Crippen LogP contribution in [-0.4, -0.2) is 48.3 Å². The smallest absolute Gasteiger partial charge is 0.338 e. The van der Waals surface area contributed by atoms with Gasteiger partial charge in [0.05, 0.1) is 11.1 Å². The van der Waals surface area contributed by atoms with Crippen molar-refractivity contribution in [3.8, 4) is 0 Å². The van der Waals surface area contributed by atoms with Crippen molar-refractivity contribution in [3.05, 3.63) is 71.8 Å². The molecule has 2 aromatic carbocycles. The van der Waals surface area contributed by atoms with Gasteiger partial charge in [0.25, 0.3) is 0 Å². The summed E-state index contributed by atoms with van der Waals surface area (Å²) < 4.78 is 29.4. The second kappa shape index (κ2) is 8.07. The van der Waals surface area contributed by atoms with Crippen molar-refractivity contribution in [2.24, 2.45) is 0 Å². The highest BCUT2D eigenvalue weighted by molar-refractivity contribution is 5.90. The van der Waals surface area contributed by atoms with Gasteiger partial charge in [-0.3, -0.25) is 0 Å². The Hall–Kier alpha value is -2.77. The first-order valence-corrected chi connectivity index (χ1v) is 8.02. The van der Waals surface area contributed by atoms with Gasteiger partial charge in [-0.15, -0.1) is 0 Å². The van der Waals surface area contributed by atoms with Crippen LogP contribution in [0.4, 0.5) is 4.39 Å². The van der Waals surface area contributed by atoms with Gasteiger partial charge in [-0.1, -0.05) is 36.4 Å². The van der Waals surface area contributed by atoms with E-state index in [9.17, 15) is 19.1 Å². The number of aliphatic hydroxyl groups excluding tert-OH is 1. The van der Waals surface area contributed by atoms with E-state index in [1.54, 1.807) is 48.5 Å². The second-order valence-corrected chi connectivity index (χ2v) is 5.71. The number of alkyl halides is 1. The van der Waals surface area contributed by atoms with Gasteiger partial charge >= 0.3 is 11.9 Å². The molecule has 1 fully saturated rings. The molecule has 1 heterocycles. The number of ether oxygens (including phenoxy) is 3. The molecule has 0 aliphatic carbocycles. The fourth-order valence-corrected chi connectivity index (χ4v) is 2.56. The molecule has 1 saturated heterocycles. The zero-order valence-corrected chi connectivity index (χ0v) is 13.7. The molecule has 0 spiro atoms. The van der Waals surface area contributed by atoms with Gasteiger partial charge in [-0.2, -0.15) is 0 Å². The summed E-state index contributed by atoms with van der Waals surface area (Å²) in [6, 6.07) is 16.3. The van der Waals surface area contributed by atoms with Crippen molar-refractivity contribution in [1.29, 1.82) is 0 Å². The zero-order valence-electron chi connectivity index (χ0n) is 13.7. The Morgan fingerprint density at radius 1 is 0.962 bits per heavy atom. The molecule has 1 unspecified atom stereocenters. The minimum Gasteiger partial charge on any atom is -0.459 e. The molecule has 136 valence electrons. The Kier molecular flexibility index (Phi) is 5.60. The van der Waals surface area contributed by atoms with Crippen LogP contribution in [-0.2, 0) is 14.2 Å². The first-order chi connectivity index (χ1) is 12.6. The molecule has 4 atom stereocenters. The lowest BCUT2D eigenvalue weighted by molar-refractivity contribution is -0.122. The molecule has 2 aromatic rings. The molecule has 1 N–H and O–H groups in total. The van der Waals surface area contributed by atoms with Gasteiger partial charge < -0.3 is 19.3 Å². The molecule has 7 heteroatoms. The number of esters is 2. The van der Waals surface area contributed by atoms with Crippen LogP contribution in [0.5, 0.6) is 0 Å². The van der Waals surface area contributed by atoms with Gasteiger partial charge in [0, 0.05) is 0 Å². The summed E-state index contributed by atoms with van der Waals surface area (Å²) in [5.74, 6) is -1.38. The zero-order chi connectivity index (χ0) is 18.5. The number of halogens is 1. The molecule has 26 heavy (non-hydrogen) atoms. The molecule has 0 radical (unpaired) electrons. The van der Waals surface area contributed by atoms with Crippen LogP contribution in [0.1, 0.15) is 20.7 Å². The van der Waals surface area contributed by atoms with Crippen molar-refractivity contribution in [2.75, 3.05) is 6.61 Å². The quantitative estimate of drug-likeness (QED) is 0.823. The minimum atomic E-state index is -1.94. The normalized spacial score (nSPS) is 24.8. The number of carbonyl (C=O) groups is 2. The number of rotatable bonds is 5. The van der Waals surface area contributed by atoms with E-state index in [4.69, 9.17) is 14.2 Å². The predicted molar refractivity (Wildman–Crippen MR) is 88.1 cm³/mol. The van der Waals surface area contributed by atoms with E-state index < -0.39 is 36.6 Å². The summed E-state index contributed by atoms with van der Waals surface area (Å²) in [7, 11) is 0. The maximum absolute atomic E-state index is 14.2. The van der Waals surface area contributed by atoms with Crippen molar-refractivity contribution >= 4 is 11.9 Å². The van der Waals surface area contributed by atoms with Crippen LogP contribution in [0, 0.1) is 0 Å². The molecule has 0 aromatic heterocycles. The van der Waals surface area contributed by atoms with Crippen LogP contribution < -0.4 is 0 Å². The second-order valence-electron chi connectivity index (χ2n) is 5.71. The molecule has 0 saturated carbocycles. The van der Waals surface area contributed by atoms with Crippen LogP contribution >= 0.6 is 0 Å². The summed E-state index contributed by atoms with van der Waals surface area (Å²) in [5.41, 5.74) is 0.557. The Labute approximate surface area is 149 Å². The lowest BCUT2D eigenvalue weighted by Crippen LogP contribution is -2.37. The number of aliphatic hydroxyl groups is 1. The average Bonchev–Trinajstić information content (AvgIpc) is 2.95. The van der Waals surface area contributed by atoms with Crippen molar-refractivity contribution in [2.45, 2.75) is 24.7 Å². The van der Waals surface area contributed by atoms with Crippen LogP contribution in [0.2, 0.25) is 0 Å². The fourth-order valence-electron chi connectivity index (χ4n) is 2.56. The van der Waals surface area contributed by atoms with E-state index >= 15 is 0 Å². The molecular weight excluding hydrogens is 343 g/mol. The van der Waals surface area contributed by atoms with E-state index in [0.29, 0.717) is 5.56 Å². The van der Waals surface area contributed by atoms with Crippen molar-refractivity contribution < 1.29 is 33.3 Å². The third kappa shape index (κ3) is 4.07. The number of carbonyl (C=O) groups excluding carboxylic acids is 2. The Morgan fingerprint density at radius 3 is 2.08 bits per heavy atom. The first-order valence-electron chi connectivity index (χ1n) is 8.02. The van der Waals surface area contributed by atoms with Crippen LogP contribution in [0.15, 0.2) is 60.7 Å². The van der Waals surface area contributed by atoms with Crippen molar-refractivity contribution in [1.82, 2.24) is 0 Å². The summed E-state index contributed by atoms with van der Waals surface area (Å²) >= 11 is 0. The van der Waals surface area contributed by atoms with E-state index in [1.807, 2.05) is 0 Å². The van der Waals surface area contributed by atoms with E-state index in [-0.39, 0.29) is 12.2 Å². The summed E-state index contributed by atoms with van der Waals surface area (Å²) in [4.78, 5) is 24.1. The highest BCUT2D eigenvalue weighted by Gasteiger charge is 2.47. The summed E-state index contributed by atoms with van der Waals surface area (Å²) in [6.45, 7) is -0.363. The molecule has 0 amide bonds.